The normalized spacial score (nSPS) is 16.2. The molecule has 0 spiro atoms. The first-order valence-corrected chi connectivity index (χ1v) is 11.9. The number of aromatic nitrogens is 1. The average molecular weight is 565 g/mol. The third-order valence-electron chi connectivity index (χ3n) is 5.94. The highest BCUT2D eigenvalue weighted by Crippen LogP contribution is 2.19. The molecular weight excluding hydrogens is 523 g/mol. The van der Waals surface area contributed by atoms with E-state index in [1.54, 1.807) is 0 Å². The maximum Gasteiger partial charge on any atom is 0.191 e. The van der Waals surface area contributed by atoms with E-state index < -0.39 is 0 Å². The molecule has 2 heterocycles. The maximum absolute atomic E-state index is 4.92. The van der Waals surface area contributed by atoms with Crippen molar-refractivity contribution in [3.05, 3.63) is 59.8 Å². The van der Waals surface area contributed by atoms with Crippen molar-refractivity contribution in [3.63, 3.8) is 0 Å². The van der Waals surface area contributed by atoms with Gasteiger partial charge in [-0.15, -0.1) is 24.0 Å². The first kappa shape index (κ1) is 27.4. The number of aryl methyl sites for hydroxylation is 1. The molecule has 1 aliphatic heterocycles. The molecule has 0 saturated carbocycles. The lowest BCUT2D eigenvalue weighted by atomic mass is 10.0. The van der Waals surface area contributed by atoms with E-state index in [2.05, 4.69) is 103 Å². The van der Waals surface area contributed by atoms with Crippen LogP contribution in [-0.4, -0.2) is 48.7 Å². The molecule has 0 bridgehead atoms. The van der Waals surface area contributed by atoms with E-state index in [0.717, 1.165) is 44.3 Å². The van der Waals surface area contributed by atoms with Crippen molar-refractivity contribution in [1.82, 2.24) is 20.9 Å². The average Bonchev–Trinajstić information content (AvgIpc) is 2.79. The Bertz CT molecular complexity index is 845. The fraction of sp³-hybridized carbons (Fsp3) is 0.538. The summed E-state index contributed by atoms with van der Waals surface area (Å²) < 4.78 is 0. The molecule has 1 unspecified atom stereocenters. The minimum atomic E-state index is -0.113. The van der Waals surface area contributed by atoms with E-state index >= 15 is 0 Å². The third-order valence-corrected chi connectivity index (χ3v) is 5.94. The first-order valence-electron chi connectivity index (χ1n) is 11.9. The maximum atomic E-state index is 4.92. The van der Waals surface area contributed by atoms with Gasteiger partial charge in [0.1, 0.15) is 5.82 Å². The molecule has 1 aromatic carbocycles. The zero-order valence-corrected chi connectivity index (χ0v) is 23.1. The van der Waals surface area contributed by atoms with Crippen LogP contribution in [0.3, 0.4) is 0 Å². The van der Waals surface area contributed by atoms with Crippen molar-refractivity contribution in [3.8, 4) is 0 Å². The van der Waals surface area contributed by atoms with E-state index in [4.69, 9.17) is 4.99 Å². The Labute approximate surface area is 217 Å². The minimum absolute atomic E-state index is 0. The van der Waals surface area contributed by atoms with E-state index in [9.17, 15) is 0 Å². The molecular formula is C26H41IN6. The van der Waals surface area contributed by atoms with Crippen LogP contribution >= 0.6 is 24.0 Å². The van der Waals surface area contributed by atoms with Crippen LogP contribution in [0.4, 0.5) is 5.82 Å². The Morgan fingerprint density at radius 1 is 1.15 bits per heavy atom. The summed E-state index contributed by atoms with van der Waals surface area (Å²) in [6.45, 7) is 14.4. The van der Waals surface area contributed by atoms with Gasteiger partial charge in [0.2, 0.25) is 0 Å². The lowest BCUT2D eigenvalue weighted by Gasteiger charge is -2.34. The second-order valence-electron chi connectivity index (χ2n) is 9.46. The molecule has 1 saturated heterocycles. The summed E-state index contributed by atoms with van der Waals surface area (Å²) in [7, 11) is 0. The zero-order chi connectivity index (χ0) is 23.0. The van der Waals surface area contributed by atoms with Crippen molar-refractivity contribution >= 4 is 35.8 Å². The smallest absolute Gasteiger partial charge is 0.191 e. The van der Waals surface area contributed by atoms with Crippen molar-refractivity contribution in [2.24, 2.45) is 4.99 Å². The molecule has 7 heteroatoms. The molecule has 2 aromatic rings. The lowest BCUT2D eigenvalue weighted by molar-refractivity contribution is 0.356. The number of aliphatic imine (C=N–C) groups is 1. The number of nitrogens with zero attached hydrogens (tertiary/aromatic N) is 3. The van der Waals surface area contributed by atoms with E-state index in [-0.39, 0.29) is 35.6 Å². The predicted octanol–water partition coefficient (Wildman–Crippen LogP) is 4.66. The number of pyridine rings is 1. The van der Waals surface area contributed by atoms with Crippen molar-refractivity contribution in [2.75, 3.05) is 31.1 Å². The van der Waals surface area contributed by atoms with Gasteiger partial charge in [-0.25, -0.2) is 4.98 Å². The highest BCUT2D eigenvalue weighted by atomic mass is 127. The second-order valence-corrected chi connectivity index (χ2v) is 9.46. The summed E-state index contributed by atoms with van der Waals surface area (Å²) in [5.41, 5.74) is 2.38. The lowest BCUT2D eigenvalue weighted by Crippen LogP contribution is -2.50. The fourth-order valence-corrected chi connectivity index (χ4v) is 4.15. The number of hydrogen-bond donors (Lipinski definition) is 3. The molecule has 33 heavy (non-hydrogen) atoms. The molecule has 0 radical (unpaired) electrons. The van der Waals surface area contributed by atoms with Gasteiger partial charge in [0.25, 0.3) is 0 Å². The Balaban J connectivity index is 0.00000385. The van der Waals surface area contributed by atoms with Gasteiger partial charge in [0.05, 0.1) is 6.54 Å². The largest absolute Gasteiger partial charge is 0.357 e. The quantitative estimate of drug-likeness (QED) is 0.247. The van der Waals surface area contributed by atoms with Crippen LogP contribution in [0.2, 0.25) is 0 Å². The van der Waals surface area contributed by atoms with Crippen LogP contribution in [0.15, 0.2) is 53.7 Å². The number of piperidine rings is 1. The van der Waals surface area contributed by atoms with Crippen molar-refractivity contribution in [2.45, 2.75) is 65.1 Å². The number of anilines is 1. The summed E-state index contributed by atoms with van der Waals surface area (Å²) >= 11 is 0. The van der Waals surface area contributed by atoms with Crippen LogP contribution in [0.5, 0.6) is 0 Å². The van der Waals surface area contributed by atoms with E-state index in [1.165, 1.54) is 11.1 Å². The van der Waals surface area contributed by atoms with Crippen LogP contribution < -0.4 is 20.9 Å². The summed E-state index contributed by atoms with van der Waals surface area (Å²) in [5, 5.41) is 10.8. The molecule has 1 fully saturated rings. The third kappa shape index (κ3) is 8.77. The SMILES string of the molecule is CCNC(=NCC(C)(C)NC(C)c1ccccc1)NC1CCN(c2ccc(C)cn2)CC1.I. The van der Waals surface area contributed by atoms with Gasteiger partial charge in [-0.2, -0.15) is 0 Å². The number of rotatable bonds is 8. The zero-order valence-electron chi connectivity index (χ0n) is 20.8. The van der Waals surface area contributed by atoms with Gasteiger partial charge in [-0.1, -0.05) is 36.4 Å². The number of guanidine groups is 1. The van der Waals surface area contributed by atoms with Crippen LogP contribution in [0.1, 0.15) is 57.7 Å². The Morgan fingerprint density at radius 3 is 2.45 bits per heavy atom. The molecule has 3 N–H and O–H groups in total. The van der Waals surface area contributed by atoms with E-state index in [1.807, 2.05) is 6.20 Å². The topological polar surface area (TPSA) is 64.6 Å². The molecule has 1 aromatic heterocycles. The summed E-state index contributed by atoms with van der Waals surface area (Å²) in [4.78, 5) is 11.9. The van der Waals surface area contributed by atoms with Crippen LogP contribution in [0.25, 0.3) is 0 Å². The molecule has 1 atom stereocenters. The molecule has 6 nitrogen and oxygen atoms in total. The molecule has 1 aliphatic rings. The number of nitrogens with one attached hydrogen (secondary N) is 3. The van der Waals surface area contributed by atoms with Crippen LogP contribution in [0, 0.1) is 6.92 Å². The molecule has 3 rings (SSSR count). The highest BCUT2D eigenvalue weighted by molar-refractivity contribution is 14.0. The minimum Gasteiger partial charge on any atom is -0.357 e. The summed E-state index contributed by atoms with van der Waals surface area (Å²) in [6.07, 6.45) is 4.10. The highest BCUT2D eigenvalue weighted by Gasteiger charge is 2.23. The number of hydrogen-bond acceptors (Lipinski definition) is 4. The van der Waals surface area contributed by atoms with Gasteiger partial charge in [-0.3, -0.25) is 4.99 Å². The Hall–Kier alpha value is -1.87. The predicted molar refractivity (Wildman–Crippen MR) is 151 cm³/mol. The summed E-state index contributed by atoms with van der Waals surface area (Å²) in [5.74, 6) is 1.98. The van der Waals surface area contributed by atoms with Gasteiger partial charge < -0.3 is 20.9 Å². The Morgan fingerprint density at radius 2 is 1.85 bits per heavy atom. The fourth-order valence-electron chi connectivity index (χ4n) is 4.15. The number of benzene rings is 1. The monoisotopic (exact) mass is 564 g/mol. The van der Waals surface area contributed by atoms with Gasteiger partial charge >= 0.3 is 0 Å². The van der Waals surface area contributed by atoms with Gasteiger partial charge in [0.15, 0.2) is 5.96 Å². The molecule has 0 amide bonds. The molecule has 182 valence electrons. The van der Waals surface area contributed by atoms with Crippen LogP contribution in [-0.2, 0) is 0 Å². The first-order chi connectivity index (χ1) is 15.4. The van der Waals surface area contributed by atoms with E-state index in [0.29, 0.717) is 12.6 Å². The van der Waals surface area contributed by atoms with Crippen molar-refractivity contribution in [1.29, 1.82) is 0 Å². The van der Waals surface area contributed by atoms with Gasteiger partial charge in [-0.05, 0) is 64.7 Å². The van der Waals surface area contributed by atoms with Crippen molar-refractivity contribution < 1.29 is 0 Å². The second kappa shape index (κ2) is 13.1. The Kier molecular flexibility index (Phi) is 10.9. The summed E-state index contributed by atoms with van der Waals surface area (Å²) in [6, 6.07) is 15.5. The standard InChI is InChI=1S/C26H40N6.HI/c1-6-27-25(29-19-26(4,5)31-21(3)22-10-8-7-9-11-22)30-23-14-16-32(17-15-23)24-13-12-20(2)18-28-24;/h7-13,18,21,23,31H,6,14-17,19H2,1-5H3,(H2,27,29,30);1H. The number of halogens is 1. The van der Waals surface area contributed by atoms with Gasteiger partial charge in [0, 0.05) is 43.5 Å². The molecule has 0 aliphatic carbocycles.